The lowest BCUT2D eigenvalue weighted by Crippen LogP contribution is -2.32. The Morgan fingerprint density at radius 1 is 1.26 bits per heavy atom. The van der Waals surface area contributed by atoms with Gasteiger partial charge in [0.05, 0.1) is 0 Å². The van der Waals surface area contributed by atoms with Crippen molar-refractivity contribution >= 4 is 21.6 Å². The number of sulfonamides is 1. The average molecular weight is 305 g/mol. The summed E-state index contributed by atoms with van der Waals surface area (Å²) in [4.78, 5) is 4.15. The number of hydrogen-bond donors (Lipinski definition) is 0. The molecule has 4 nitrogen and oxygen atoms in total. The molecule has 0 fully saturated rings. The van der Waals surface area contributed by atoms with Crippen LogP contribution in [0, 0.1) is 6.92 Å². The Bertz CT molecular complexity index is 517. The van der Waals surface area contributed by atoms with Gasteiger partial charge in [0, 0.05) is 19.3 Å². The van der Waals surface area contributed by atoms with Gasteiger partial charge in [-0.3, -0.25) is 0 Å². The van der Waals surface area contributed by atoms with Gasteiger partial charge in [0.15, 0.2) is 0 Å². The summed E-state index contributed by atoms with van der Waals surface area (Å²) in [5.74, 6) is 0. The van der Waals surface area contributed by atoms with E-state index in [0.717, 1.165) is 19.3 Å². The number of pyridine rings is 1. The molecule has 1 rings (SSSR count). The first-order valence-corrected chi connectivity index (χ1v) is 8.37. The SMILES string of the molecule is CCCCN(CCC)S(=O)(=O)c1cnc(Cl)c(C)c1. The molecule has 0 atom stereocenters. The number of aromatic nitrogens is 1. The smallest absolute Gasteiger partial charge is 0.243 e. The molecule has 0 saturated carbocycles. The first-order chi connectivity index (χ1) is 8.93. The van der Waals surface area contributed by atoms with Crippen LogP contribution in [0.5, 0.6) is 0 Å². The molecule has 0 radical (unpaired) electrons. The highest BCUT2D eigenvalue weighted by Gasteiger charge is 2.24. The van der Waals surface area contributed by atoms with E-state index in [1.54, 1.807) is 13.0 Å². The van der Waals surface area contributed by atoms with Crippen molar-refractivity contribution in [2.24, 2.45) is 0 Å². The maximum Gasteiger partial charge on any atom is 0.244 e. The van der Waals surface area contributed by atoms with E-state index in [2.05, 4.69) is 4.98 Å². The highest BCUT2D eigenvalue weighted by Crippen LogP contribution is 2.20. The second-order valence-electron chi connectivity index (χ2n) is 4.54. The zero-order valence-electron chi connectivity index (χ0n) is 11.7. The maximum atomic E-state index is 12.5. The van der Waals surface area contributed by atoms with Gasteiger partial charge in [0.1, 0.15) is 10.0 Å². The summed E-state index contributed by atoms with van der Waals surface area (Å²) in [5.41, 5.74) is 0.676. The summed E-state index contributed by atoms with van der Waals surface area (Å²) in [5, 5.41) is 0.342. The molecular weight excluding hydrogens is 284 g/mol. The van der Waals surface area contributed by atoms with Crippen molar-refractivity contribution in [3.05, 3.63) is 23.0 Å². The summed E-state index contributed by atoms with van der Waals surface area (Å²) in [6, 6.07) is 1.58. The standard InChI is InChI=1S/C13H21ClN2O2S/c1-4-6-8-16(7-5-2)19(17,18)12-9-11(3)13(14)15-10-12/h9-10H,4-8H2,1-3H3. The summed E-state index contributed by atoms with van der Waals surface area (Å²) in [6.45, 7) is 6.85. The largest absolute Gasteiger partial charge is 0.244 e. The van der Waals surface area contributed by atoms with E-state index in [1.807, 2.05) is 13.8 Å². The van der Waals surface area contributed by atoms with E-state index in [0.29, 0.717) is 23.8 Å². The fourth-order valence-corrected chi connectivity index (χ4v) is 3.46. The van der Waals surface area contributed by atoms with Crippen LogP contribution in [0.15, 0.2) is 17.2 Å². The molecular formula is C13H21ClN2O2S. The Balaban J connectivity index is 3.07. The molecule has 0 aliphatic rings. The fourth-order valence-electron chi connectivity index (χ4n) is 1.76. The normalized spacial score (nSPS) is 12.1. The molecule has 0 amide bonds. The average Bonchev–Trinajstić information content (AvgIpc) is 2.37. The Hall–Kier alpha value is -0.650. The van der Waals surface area contributed by atoms with Crippen LogP contribution >= 0.6 is 11.6 Å². The van der Waals surface area contributed by atoms with Gasteiger partial charge in [0.25, 0.3) is 0 Å². The molecule has 0 aliphatic heterocycles. The number of hydrogen-bond acceptors (Lipinski definition) is 3. The third-order valence-electron chi connectivity index (χ3n) is 2.86. The maximum absolute atomic E-state index is 12.5. The molecule has 108 valence electrons. The van der Waals surface area contributed by atoms with Gasteiger partial charge < -0.3 is 0 Å². The van der Waals surface area contributed by atoms with Crippen LogP contribution in [0.1, 0.15) is 38.7 Å². The molecule has 0 aliphatic carbocycles. The van der Waals surface area contributed by atoms with Gasteiger partial charge in [-0.1, -0.05) is 31.9 Å². The minimum absolute atomic E-state index is 0.221. The summed E-state index contributed by atoms with van der Waals surface area (Å²) in [7, 11) is -3.46. The van der Waals surface area contributed by atoms with Crippen LogP contribution < -0.4 is 0 Å². The lowest BCUT2D eigenvalue weighted by atomic mass is 10.3. The molecule has 0 unspecified atom stereocenters. The number of unbranched alkanes of at least 4 members (excludes halogenated alkanes) is 1. The Morgan fingerprint density at radius 2 is 1.95 bits per heavy atom. The van der Waals surface area contributed by atoms with E-state index in [-0.39, 0.29) is 4.90 Å². The number of aryl methyl sites for hydroxylation is 1. The molecule has 0 aromatic carbocycles. The third-order valence-corrected chi connectivity index (χ3v) is 5.12. The van der Waals surface area contributed by atoms with E-state index in [1.165, 1.54) is 10.5 Å². The second kappa shape index (κ2) is 7.22. The first-order valence-electron chi connectivity index (χ1n) is 6.55. The Kier molecular flexibility index (Phi) is 6.23. The minimum Gasteiger partial charge on any atom is -0.243 e. The number of nitrogens with zero attached hydrogens (tertiary/aromatic N) is 2. The quantitative estimate of drug-likeness (QED) is 0.727. The van der Waals surface area contributed by atoms with Gasteiger partial charge in [0.2, 0.25) is 10.0 Å². The van der Waals surface area contributed by atoms with E-state index < -0.39 is 10.0 Å². The van der Waals surface area contributed by atoms with Gasteiger partial charge in [-0.2, -0.15) is 4.31 Å². The van der Waals surface area contributed by atoms with Crippen molar-refractivity contribution in [2.45, 2.75) is 44.9 Å². The van der Waals surface area contributed by atoms with Gasteiger partial charge in [-0.15, -0.1) is 0 Å². The molecule has 0 saturated heterocycles. The number of halogens is 1. The lowest BCUT2D eigenvalue weighted by Gasteiger charge is -2.21. The highest BCUT2D eigenvalue weighted by molar-refractivity contribution is 7.89. The molecule has 0 bridgehead atoms. The monoisotopic (exact) mass is 304 g/mol. The van der Waals surface area contributed by atoms with Crippen LogP contribution in [0.25, 0.3) is 0 Å². The molecule has 6 heteroatoms. The van der Waals surface area contributed by atoms with Crippen molar-refractivity contribution < 1.29 is 8.42 Å². The lowest BCUT2D eigenvalue weighted by molar-refractivity contribution is 0.402. The zero-order chi connectivity index (χ0) is 14.5. The van der Waals surface area contributed by atoms with Crippen molar-refractivity contribution in [3.8, 4) is 0 Å². The molecule has 0 spiro atoms. The van der Waals surface area contributed by atoms with Gasteiger partial charge in [-0.05, 0) is 31.4 Å². The van der Waals surface area contributed by atoms with Crippen molar-refractivity contribution in [1.82, 2.24) is 9.29 Å². The van der Waals surface area contributed by atoms with Gasteiger partial charge >= 0.3 is 0 Å². The molecule has 1 aromatic rings. The Morgan fingerprint density at radius 3 is 2.47 bits per heavy atom. The van der Waals surface area contributed by atoms with Crippen LogP contribution in [0.3, 0.4) is 0 Å². The summed E-state index contributed by atoms with van der Waals surface area (Å²) >= 11 is 5.84. The van der Waals surface area contributed by atoms with Crippen LogP contribution in [-0.2, 0) is 10.0 Å². The fraction of sp³-hybridized carbons (Fsp3) is 0.615. The molecule has 1 aromatic heterocycles. The van der Waals surface area contributed by atoms with Crippen molar-refractivity contribution in [1.29, 1.82) is 0 Å². The van der Waals surface area contributed by atoms with Crippen LogP contribution in [-0.4, -0.2) is 30.8 Å². The van der Waals surface area contributed by atoms with E-state index in [9.17, 15) is 8.42 Å². The zero-order valence-corrected chi connectivity index (χ0v) is 13.3. The van der Waals surface area contributed by atoms with Crippen LogP contribution in [0.2, 0.25) is 5.15 Å². The van der Waals surface area contributed by atoms with Crippen molar-refractivity contribution in [3.63, 3.8) is 0 Å². The van der Waals surface area contributed by atoms with Gasteiger partial charge in [-0.25, -0.2) is 13.4 Å². The van der Waals surface area contributed by atoms with E-state index >= 15 is 0 Å². The predicted molar refractivity (Wildman–Crippen MR) is 77.9 cm³/mol. The van der Waals surface area contributed by atoms with Crippen LogP contribution in [0.4, 0.5) is 0 Å². The molecule has 1 heterocycles. The third kappa shape index (κ3) is 4.16. The topological polar surface area (TPSA) is 50.3 Å². The Labute approximate surface area is 120 Å². The minimum atomic E-state index is -3.46. The van der Waals surface area contributed by atoms with Crippen molar-refractivity contribution in [2.75, 3.05) is 13.1 Å². The molecule has 19 heavy (non-hydrogen) atoms. The second-order valence-corrected chi connectivity index (χ2v) is 6.83. The highest BCUT2D eigenvalue weighted by atomic mass is 35.5. The summed E-state index contributed by atoms with van der Waals surface area (Å²) < 4.78 is 26.6. The number of rotatable bonds is 7. The predicted octanol–water partition coefficient (Wildman–Crippen LogP) is 3.24. The summed E-state index contributed by atoms with van der Waals surface area (Å²) in [6.07, 6.45) is 3.95. The molecule has 0 N–H and O–H groups in total. The van der Waals surface area contributed by atoms with E-state index in [4.69, 9.17) is 11.6 Å². The first kappa shape index (κ1) is 16.4.